The predicted octanol–water partition coefficient (Wildman–Crippen LogP) is 3.37. The van der Waals surface area contributed by atoms with Crippen molar-refractivity contribution in [1.82, 2.24) is 14.8 Å². The summed E-state index contributed by atoms with van der Waals surface area (Å²) in [5.41, 5.74) is 1.61. The highest BCUT2D eigenvalue weighted by atomic mass is 16.2. The van der Waals surface area contributed by atoms with E-state index in [0.29, 0.717) is 19.0 Å². The summed E-state index contributed by atoms with van der Waals surface area (Å²) in [4.78, 5) is 39.8. The first-order chi connectivity index (χ1) is 14.4. The average Bonchev–Trinajstić information content (AvgIpc) is 2.74. The molecule has 1 aliphatic rings. The summed E-state index contributed by atoms with van der Waals surface area (Å²) < 4.78 is 1.86. The zero-order valence-electron chi connectivity index (χ0n) is 18.1. The van der Waals surface area contributed by atoms with E-state index in [1.807, 2.05) is 35.8 Å². The van der Waals surface area contributed by atoms with Crippen LogP contribution in [-0.2, 0) is 13.1 Å². The molecule has 0 saturated heterocycles. The largest absolute Gasteiger partial charge is 0.352 e. The van der Waals surface area contributed by atoms with Crippen LogP contribution in [0.2, 0.25) is 0 Å². The van der Waals surface area contributed by atoms with Crippen LogP contribution < -0.4 is 10.7 Å². The molecular formula is C24H31N3O3. The van der Waals surface area contributed by atoms with E-state index in [0.717, 1.165) is 24.0 Å². The molecule has 6 heteroatoms. The molecule has 1 aromatic carbocycles. The summed E-state index contributed by atoms with van der Waals surface area (Å²) in [5, 5.41) is 2.85. The quantitative estimate of drug-likeness (QED) is 0.795. The van der Waals surface area contributed by atoms with Crippen molar-refractivity contribution in [1.29, 1.82) is 0 Å². The lowest BCUT2D eigenvalue weighted by Gasteiger charge is -2.23. The smallest absolute Gasteiger partial charge is 0.258 e. The van der Waals surface area contributed by atoms with Crippen molar-refractivity contribution in [2.24, 2.45) is 5.92 Å². The van der Waals surface area contributed by atoms with E-state index in [1.54, 1.807) is 26.5 Å². The van der Waals surface area contributed by atoms with E-state index < -0.39 is 11.3 Å². The Labute approximate surface area is 177 Å². The molecule has 0 atom stereocenters. The number of hydrogen-bond acceptors (Lipinski definition) is 3. The van der Waals surface area contributed by atoms with Crippen molar-refractivity contribution in [3.05, 3.63) is 69.1 Å². The summed E-state index contributed by atoms with van der Waals surface area (Å²) in [5.74, 6) is -0.327. The fourth-order valence-electron chi connectivity index (χ4n) is 4.04. The van der Waals surface area contributed by atoms with Crippen LogP contribution in [0.15, 0.2) is 41.5 Å². The third-order valence-corrected chi connectivity index (χ3v) is 5.85. The van der Waals surface area contributed by atoms with Crippen molar-refractivity contribution in [3.63, 3.8) is 0 Å². The summed E-state index contributed by atoms with van der Waals surface area (Å²) in [7, 11) is 3.22. The molecule has 0 bridgehead atoms. The first-order valence-electron chi connectivity index (χ1n) is 10.6. The van der Waals surface area contributed by atoms with Crippen LogP contribution in [0.4, 0.5) is 0 Å². The lowest BCUT2D eigenvalue weighted by atomic mass is 9.89. The van der Waals surface area contributed by atoms with Crippen molar-refractivity contribution in [3.8, 4) is 0 Å². The van der Waals surface area contributed by atoms with Crippen molar-refractivity contribution in [2.45, 2.75) is 52.1 Å². The molecule has 1 heterocycles. The summed E-state index contributed by atoms with van der Waals surface area (Å²) in [6.07, 6.45) is 9.16. The summed E-state index contributed by atoms with van der Waals surface area (Å²) in [6, 6.07) is 7.79. The third-order valence-electron chi connectivity index (χ3n) is 5.85. The predicted molar refractivity (Wildman–Crippen MR) is 118 cm³/mol. The molecule has 1 aliphatic carbocycles. The Morgan fingerprint density at radius 2 is 1.73 bits per heavy atom. The van der Waals surface area contributed by atoms with E-state index >= 15 is 0 Å². The van der Waals surface area contributed by atoms with Gasteiger partial charge in [-0.15, -0.1) is 0 Å². The van der Waals surface area contributed by atoms with Gasteiger partial charge in [-0.25, -0.2) is 0 Å². The van der Waals surface area contributed by atoms with Gasteiger partial charge < -0.3 is 14.8 Å². The van der Waals surface area contributed by atoms with Gasteiger partial charge >= 0.3 is 0 Å². The van der Waals surface area contributed by atoms with E-state index in [2.05, 4.69) is 5.32 Å². The maximum absolute atomic E-state index is 13.0. The van der Waals surface area contributed by atoms with Crippen LogP contribution >= 0.6 is 0 Å². The fourth-order valence-corrected chi connectivity index (χ4v) is 4.04. The van der Waals surface area contributed by atoms with Crippen molar-refractivity contribution < 1.29 is 9.59 Å². The van der Waals surface area contributed by atoms with Gasteiger partial charge in [-0.05, 0) is 36.8 Å². The number of amides is 2. The molecule has 0 radical (unpaired) electrons. The Balaban J connectivity index is 1.88. The Morgan fingerprint density at radius 1 is 1.07 bits per heavy atom. The van der Waals surface area contributed by atoms with Crippen molar-refractivity contribution in [2.75, 3.05) is 14.1 Å². The first-order valence-corrected chi connectivity index (χ1v) is 10.6. The topological polar surface area (TPSA) is 71.4 Å². The second-order valence-corrected chi connectivity index (χ2v) is 8.42. The highest BCUT2D eigenvalue weighted by Gasteiger charge is 2.22. The monoisotopic (exact) mass is 409 g/mol. The number of benzene rings is 1. The van der Waals surface area contributed by atoms with Crippen LogP contribution in [0.25, 0.3) is 0 Å². The molecule has 0 aliphatic heterocycles. The Bertz CT molecular complexity index is 972. The fraction of sp³-hybridized carbons (Fsp3) is 0.458. The number of rotatable bonds is 6. The number of hydrogen-bond donors (Lipinski definition) is 1. The van der Waals surface area contributed by atoms with Gasteiger partial charge in [0.15, 0.2) is 0 Å². The number of nitrogens with zero attached hydrogens (tertiary/aromatic N) is 2. The van der Waals surface area contributed by atoms with E-state index in [-0.39, 0.29) is 17.0 Å². The van der Waals surface area contributed by atoms with Gasteiger partial charge in [0.05, 0.1) is 0 Å². The Kier molecular flexibility index (Phi) is 7.08. The van der Waals surface area contributed by atoms with Crippen LogP contribution in [0.3, 0.4) is 0 Å². The lowest BCUT2D eigenvalue weighted by Crippen LogP contribution is -2.35. The van der Waals surface area contributed by atoms with Gasteiger partial charge in [-0.1, -0.05) is 43.5 Å². The standard InChI is InChI=1S/C24H31N3O3/c1-17-9-7-8-12-19(17)13-25-23(29)20-15-27(14-18-10-5-4-6-11-18)16-21(22(20)28)24(30)26(2)3/h7-9,12,15-16,18H,4-6,10-11,13-14H2,1-3H3,(H,25,29). The molecule has 2 amide bonds. The van der Waals surface area contributed by atoms with Gasteiger partial charge in [0.1, 0.15) is 11.1 Å². The average molecular weight is 410 g/mol. The molecule has 3 rings (SSSR count). The minimum atomic E-state index is -0.518. The molecule has 2 aromatic rings. The minimum Gasteiger partial charge on any atom is -0.352 e. The lowest BCUT2D eigenvalue weighted by molar-refractivity contribution is 0.0825. The number of aryl methyl sites for hydroxylation is 1. The van der Waals surface area contributed by atoms with Crippen LogP contribution in [0.1, 0.15) is 63.9 Å². The number of nitrogens with one attached hydrogen (secondary N) is 1. The van der Waals surface area contributed by atoms with Gasteiger partial charge in [0, 0.05) is 39.6 Å². The van der Waals surface area contributed by atoms with Gasteiger partial charge in [0.25, 0.3) is 11.8 Å². The second-order valence-electron chi connectivity index (χ2n) is 8.42. The van der Waals surface area contributed by atoms with E-state index in [4.69, 9.17) is 0 Å². The highest BCUT2D eigenvalue weighted by molar-refractivity contribution is 5.98. The van der Waals surface area contributed by atoms with Gasteiger partial charge in [-0.3, -0.25) is 14.4 Å². The molecule has 6 nitrogen and oxygen atoms in total. The molecule has 160 valence electrons. The normalized spacial score (nSPS) is 14.4. The third kappa shape index (κ3) is 5.17. The SMILES string of the molecule is Cc1ccccc1CNC(=O)c1cn(CC2CCCCC2)cc(C(=O)N(C)C)c1=O. The Morgan fingerprint density at radius 3 is 2.40 bits per heavy atom. The minimum absolute atomic E-state index is 0.0205. The number of pyridine rings is 1. The van der Waals surface area contributed by atoms with E-state index in [9.17, 15) is 14.4 Å². The summed E-state index contributed by atoms with van der Waals surface area (Å²) >= 11 is 0. The first kappa shape index (κ1) is 21.8. The van der Waals surface area contributed by atoms with Crippen molar-refractivity contribution >= 4 is 11.8 Å². The zero-order valence-corrected chi connectivity index (χ0v) is 18.1. The molecule has 0 unspecified atom stereocenters. The molecule has 1 aromatic heterocycles. The Hall–Kier alpha value is -2.89. The molecular weight excluding hydrogens is 378 g/mol. The molecule has 30 heavy (non-hydrogen) atoms. The van der Waals surface area contributed by atoms with Crippen LogP contribution in [-0.4, -0.2) is 35.4 Å². The maximum atomic E-state index is 13.0. The highest BCUT2D eigenvalue weighted by Crippen LogP contribution is 2.25. The molecule has 0 spiro atoms. The van der Waals surface area contributed by atoms with Crippen LogP contribution in [0, 0.1) is 12.8 Å². The maximum Gasteiger partial charge on any atom is 0.258 e. The molecule has 1 saturated carbocycles. The zero-order chi connectivity index (χ0) is 21.7. The number of carbonyl (C=O) groups is 2. The van der Waals surface area contributed by atoms with Gasteiger partial charge in [0.2, 0.25) is 5.43 Å². The van der Waals surface area contributed by atoms with Crippen LogP contribution in [0.5, 0.6) is 0 Å². The summed E-state index contributed by atoms with van der Waals surface area (Å²) in [6.45, 7) is 3.03. The van der Waals surface area contributed by atoms with E-state index in [1.165, 1.54) is 24.2 Å². The molecule has 1 N–H and O–H groups in total. The second kappa shape index (κ2) is 9.74. The number of carbonyl (C=O) groups excluding carboxylic acids is 2. The molecule has 1 fully saturated rings. The van der Waals surface area contributed by atoms with Gasteiger partial charge in [-0.2, -0.15) is 0 Å². The number of aromatic nitrogens is 1.